The van der Waals surface area contributed by atoms with Crippen molar-refractivity contribution in [2.75, 3.05) is 13.7 Å². The third-order valence-electron chi connectivity index (χ3n) is 3.80. The van der Waals surface area contributed by atoms with Crippen molar-refractivity contribution >= 4 is 12.4 Å². The molecule has 0 aliphatic heterocycles. The quantitative estimate of drug-likeness (QED) is 0.669. The van der Waals surface area contributed by atoms with Crippen molar-refractivity contribution in [1.29, 1.82) is 0 Å². The van der Waals surface area contributed by atoms with Crippen LogP contribution in [0.2, 0.25) is 0 Å². The molecule has 0 fully saturated rings. The lowest BCUT2D eigenvalue weighted by atomic mass is 10.0. The molecular formula is C20H31NO4. The number of carbonyl (C=O) groups excluding carboxylic acids is 2. The molecule has 0 aromatic heterocycles. The molecule has 0 aliphatic carbocycles. The molecule has 1 amide bonds. The number of methoxy groups -OCH3 is 1. The maximum atomic E-state index is 12.8. The summed E-state index contributed by atoms with van der Waals surface area (Å²) in [6.45, 7) is 10.5. The molecule has 0 radical (unpaired) electrons. The summed E-state index contributed by atoms with van der Waals surface area (Å²) in [6.07, 6.45) is 0.891. The van der Waals surface area contributed by atoms with Crippen LogP contribution in [0.4, 0.5) is 4.79 Å². The number of benzene rings is 1. The van der Waals surface area contributed by atoms with Crippen LogP contribution >= 0.6 is 0 Å². The Labute approximate surface area is 151 Å². The van der Waals surface area contributed by atoms with Crippen LogP contribution in [0.25, 0.3) is 0 Å². The van der Waals surface area contributed by atoms with Gasteiger partial charge in [-0.15, -0.1) is 0 Å². The van der Waals surface area contributed by atoms with E-state index >= 15 is 0 Å². The molecule has 0 N–H and O–H groups in total. The van der Waals surface area contributed by atoms with E-state index in [1.807, 2.05) is 45.0 Å². The van der Waals surface area contributed by atoms with Crippen LogP contribution in [0, 0.1) is 5.92 Å². The van der Waals surface area contributed by atoms with E-state index < -0.39 is 5.60 Å². The number of amides is 1. The largest absolute Gasteiger partial charge is 0.444 e. The van der Waals surface area contributed by atoms with E-state index in [0.717, 1.165) is 17.4 Å². The summed E-state index contributed by atoms with van der Waals surface area (Å²) in [4.78, 5) is 25.3. The fourth-order valence-electron chi connectivity index (χ4n) is 2.60. The van der Waals surface area contributed by atoms with Crippen molar-refractivity contribution in [3.8, 4) is 0 Å². The average molecular weight is 349 g/mol. The van der Waals surface area contributed by atoms with Gasteiger partial charge in [0.05, 0.1) is 12.6 Å². The molecule has 0 saturated carbocycles. The smallest absolute Gasteiger partial charge is 0.410 e. The van der Waals surface area contributed by atoms with Crippen molar-refractivity contribution in [2.24, 2.45) is 5.92 Å². The van der Waals surface area contributed by atoms with Gasteiger partial charge in [0.25, 0.3) is 0 Å². The molecule has 25 heavy (non-hydrogen) atoms. The lowest BCUT2D eigenvalue weighted by Crippen LogP contribution is -2.47. The van der Waals surface area contributed by atoms with Gasteiger partial charge in [-0.05, 0) is 37.8 Å². The SMILES string of the molecule is COCC(C(C)C)N(Cc1cccc(CC=O)c1)C(=O)OC(C)(C)C. The fraction of sp³-hybridized carbons (Fsp3) is 0.600. The monoisotopic (exact) mass is 349 g/mol. The van der Waals surface area contributed by atoms with Gasteiger partial charge in [0.2, 0.25) is 0 Å². The van der Waals surface area contributed by atoms with Crippen LogP contribution in [-0.2, 0) is 27.2 Å². The summed E-state index contributed by atoms with van der Waals surface area (Å²) < 4.78 is 10.9. The zero-order valence-electron chi connectivity index (χ0n) is 16.2. The number of rotatable bonds is 8. The normalized spacial score (nSPS) is 12.8. The van der Waals surface area contributed by atoms with E-state index in [4.69, 9.17) is 9.47 Å². The number of hydrogen-bond donors (Lipinski definition) is 0. The van der Waals surface area contributed by atoms with Crippen LogP contribution in [0.3, 0.4) is 0 Å². The number of aldehydes is 1. The second-order valence-electron chi connectivity index (χ2n) is 7.57. The Hall–Kier alpha value is -1.88. The highest BCUT2D eigenvalue weighted by Gasteiger charge is 2.30. The lowest BCUT2D eigenvalue weighted by Gasteiger charge is -2.35. The van der Waals surface area contributed by atoms with Gasteiger partial charge in [0, 0.05) is 20.1 Å². The minimum atomic E-state index is -0.566. The first kappa shape index (κ1) is 21.2. The predicted octanol–water partition coefficient (Wildman–Crippen LogP) is 3.84. The van der Waals surface area contributed by atoms with E-state index in [0.29, 0.717) is 19.6 Å². The van der Waals surface area contributed by atoms with Gasteiger partial charge in [-0.2, -0.15) is 0 Å². The highest BCUT2D eigenvalue weighted by molar-refractivity contribution is 5.68. The summed E-state index contributed by atoms with van der Waals surface area (Å²) in [5.41, 5.74) is 1.33. The molecule has 0 bridgehead atoms. The topological polar surface area (TPSA) is 55.8 Å². The second-order valence-corrected chi connectivity index (χ2v) is 7.57. The van der Waals surface area contributed by atoms with E-state index in [2.05, 4.69) is 13.8 Å². The highest BCUT2D eigenvalue weighted by atomic mass is 16.6. The Morgan fingerprint density at radius 1 is 1.24 bits per heavy atom. The summed E-state index contributed by atoms with van der Waals surface area (Å²) in [6, 6.07) is 7.62. The summed E-state index contributed by atoms with van der Waals surface area (Å²) in [7, 11) is 1.63. The minimum Gasteiger partial charge on any atom is -0.444 e. The molecule has 1 unspecified atom stereocenters. The standard InChI is InChI=1S/C20H31NO4/c1-15(2)18(14-24-6)21(19(23)25-20(3,4)5)13-17-9-7-8-16(12-17)10-11-22/h7-9,11-12,15,18H,10,13-14H2,1-6H3. The Kier molecular flexibility index (Phi) is 8.10. The van der Waals surface area contributed by atoms with Gasteiger partial charge >= 0.3 is 6.09 Å². The van der Waals surface area contributed by atoms with E-state index in [1.54, 1.807) is 12.0 Å². The van der Waals surface area contributed by atoms with E-state index in [9.17, 15) is 9.59 Å². The Bertz CT molecular complexity index is 563. The zero-order chi connectivity index (χ0) is 19.0. The molecule has 140 valence electrons. The van der Waals surface area contributed by atoms with Crippen LogP contribution in [-0.4, -0.2) is 42.6 Å². The van der Waals surface area contributed by atoms with Crippen molar-refractivity contribution in [3.63, 3.8) is 0 Å². The van der Waals surface area contributed by atoms with Crippen molar-refractivity contribution in [2.45, 2.75) is 59.2 Å². The number of ether oxygens (including phenoxy) is 2. The maximum Gasteiger partial charge on any atom is 0.410 e. The first-order valence-corrected chi connectivity index (χ1v) is 8.68. The Morgan fingerprint density at radius 3 is 2.40 bits per heavy atom. The summed E-state index contributed by atoms with van der Waals surface area (Å²) in [5, 5.41) is 0. The molecule has 1 aromatic carbocycles. The van der Waals surface area contributed by atoms with Crippen LogP contribution in [0.5, 0.6) is 0 Å². The van der Waals surface area contributed by atoms with E-state index in [-0.39, 0.29) is 18.1 Å². The van der Waals surface area contributed by atoms with Crippen LogP contribution < -0.4 is 0 Å². The van der Waals surface area contributed by atoms with Gasteiger partial charge in [-0.1, -0.05) is 38.1 Å². The Balaban J connectivity index is 3.10. The second kappa shape index (κ2) is 9.56. The van der Waals surface area contributed by atoms with Crippen molar-refractivity contribution in [1.82, 2.24) is 4.90 Å². The number of nitrogens with zero attached hydrogens (tertiary/aromatic N) is 1. The maximum absolute atomic E-state index is 12.8. The van der Waals surface area contributed by atoms with Crippen molar-refractivity contribution in [3.05, 3.63) is 35.4 Å². The molecule has 0 aliphatic rings. The molecule has 0 spiro atoms. The fourth-order valence-corrected chi connectivity index (χ4v) is 2.60. The molecule has 5 heteroatoms. The van der Waals surface area contributed by atoms with Gasteiger partial charge in [0.15, 0.2) is 0 Å². The van der Waals surface area contributed by atoms with Crippen molar-refractivity contribution < 1.29 is 19.1 Å². The molecular weight excluding hydrogens is 318 g/mol. The molecule has 5 nitrogen and oxygen atoms in total. The number of carbonyl (C=O) groups is 2. The first-order valence-electron chi connectivity index (χ1n) is 8.68. The lowest BCUT2D eigenvalue weighted by molar-refractivity contribution is -0.107. The molecule has 1 aromatic rings. The van der Waals surface area contributed by atoms with Crippen LogP contribution in [0.1, 0.15) is 45.7 Å². The number of hydrogen-bond acceptors (Lipinski definition) is 4. The van der Waals surface area contributed by atoms with Gasteiger partial charge < -0.3 is 14.3 Å². The predicted molar refractivity (Wildman–Crippen MR) is 98.5 cm³/mol. The first-order chi connectivity index (χ1) is 11.7. The minimum absolute atomic E-state index is 0.102. The summed E-state index contributed by atoms with van der Waals surface area (Å²) >= 11 is 0. The molecule has 0 heterocycles. The van der Waals surface area contributed by atoms with Gasteiger partial charge in [0.1, 0.15) is 11.9 Å². The highest BCUT2D eigenvalue weighted by Crippen LogP contribution is 2.20. The average Bonchev–Trinajstić information content (AvgIpc) is 2.49. The summed E-state index contributed by atoms with van der Waals surface area (Å²) in [5.74, 6) is 0.214. The third-order valence-corrected chi connectivity index (χ3v) is 3.80. The molecule has 1 atom stereocenters. The Morgan fingerprint density at radius 2 is 1.88 bits per heavy atom. The third kappa shape index (κ3) is 7.26. The van der Waals surface area contributed by atoms with Crippen LogP contribution in [0.15, 0.2) is 24.3 Å². The van der Waals surface area contributed by atoms with Gasteiger partial charge in [-0.3, -0.25) is 4.90 Å². The molecule has 1 rings (SSSR count). The van der Waals surface area contributed by atoms with E-state index in [1.165, 1.54) is 0 Å². The zero-order valence-corrected chi connectivity index (χ0v) is 16.2. The molecule has 0 saturated heterocycles. The van der Waals surface area contributed by atoms with Gasteiger partial charge in [-0.25, -0.2) is 4.79 Å².